The Morgan fingerprint density at radius 1 is 1.11 bits per heavy atom. The van der Waals surface area contributed by atoms with Gasteiger partial charge < -0.3 is 14.0 Å². The van der Waals surface area contributed by atoms with Crippen molar-refractivity contribution in [2.24, 2.45) is 0 Å². The summed E-state index contributed by atoms with van der Waals surface area (Å²) in [6.45, 7) is 1.42. The maximum absolute atomic E-state index is 15.2. The molecule has 0 spiro atoms. The second kappa shape index (κ2) is 11.8. The number of alkyl halides is 3. The van der Waals surface area contributed by atoms with E-state index < -0.39 is 41.6 Å². The average Bonchev–Trinajstić information content (AvgIpc) is 3.55. The number of rotatable bonds is 8. The minimum absolute atomic E-state index is 0.0111. The van der Waals surface area contributed by atoms with Crippen LogP contribution in [0.5, 0.6) is 5.88 Å². The number of imidazole rings is 1. The summed E-state index contributed by atoms with van der Waals surface area (Å²) in [5, 5.41) is 3.73. The van der Waals surface area contributed by atoms with Crippen molar-refractivity contribution in [3.63, 3.8) is 0 Å². The maximum Gasteiger partial charge on any atom is 0.439 e. The van der Waals surface area contributed by atoms with Gasteiger partial charge in [0.25, 0.3) is 0 Å². The van der Waals surface area contributed by atoms with E-state index in [2.05, 4.69) is 19.6 Å². The molecule has 16 heteroatoms. The first-order chi connectivity index (χ1) is 22.0. The molecule has 5 aromatic rings. The van der Waals surface area contributed by atoms with E-state index in [0.29, 0.717) is 47.8 Å². The third kappa shape index (κ3) is 5.97. The summed E-state index contributed by atoms with van der Waals surface area (Å²) in [5.41, 5.74) is 0.776. The van der Waals surface area contributed by atoms with Crippen molar-refractivity contribution in [1.82, 2.24) is 29.6 Å². The van der Waals surface area contributed by atoms with Crippen LogP contribution in [0.1, 0.15) is 34.6 Å². The second-order valence-corrected chi connectivity index (χ2v) is 11.6. The SMILES string of the molecule is O=c1[nH]c(-c2cc3nc(CN4CCc5cc(C(F)(F)F)c(OCc6ccc(Cl)cc6F)nc5C4)n(C[C@@H]4CCO4)c3cc2F)no1. The highest BCUT2D eigenvalue weighted by Crippen LogP contribution is 2.38. The minimum atomic E-state index is -4.74. The Kier molecular flexibility index (Phi) is 7.77. The molecule has 0 amide bonds. The summed E-state index contributed by atoms with van der Waals surface area (Å²) in [5.74, 6) is -2.30. The highest BCUT2D eigenvalue weighted by molar-refractivity contribution is 6.30. The van der Waals surface area contributed by atoms with Gasteiger partial charge in [-0.3, -0.25) is 14.4 Å². The summed E-state index contributed by atoms with van der Waals surface area (Å²) in [4.78, 5) is 24.8. The molecule has 0 bridgehead atoms. The molecule has 2 aliphatic rings. The molecule has 0 unspecified atom stereocenters. The van der Waals surface area contributed by atoms with E-state index >= 15 is 4.39 Å². The highest BCUT2D eigenvalue weighted by Gasteiger charge is 2.37. The van der Waals surface area contributed by atoms with Crippen molar-refractivity contribution >= 4 is 22.6 Å². The Morgan fingerprint density at radius 3 is 2.63 bits per heavy atom. The number of nitrogens with zero attached hydrogens (tertiary/aromatic N) is 5. The standard InChI is InChI=1S/C30H24ClF5N6O4/c31-17-2-1-16(21(32)8-17)14-45-28-20(30(34,35)36)7-15-3-5-41(12-24(15)38-28)13-26-37-23-9-19(27-39-29(43)46-40-27)22(33)10-25(23)42(26)11-18-4-6-44-18/h1-2,7-10,18H,3-6,11-14H2,(H,39,40,43)/t18-/m0/s1. The number of aromatic amines is 1. The lowest BCUT2D eigenvalue weighted by Crippen LogP contribution is -2.34. The van der Waals surface area contributed by atoms with E-state index in [-0.39, 0.29) is 47.6 Å². The Hall–Kier alpha value is -4.34. The van der Waals surface area contributed by atoms with Crippen LogP contribution >= 0.6 is 11.6 Å². The molecular formula is C30H24ClF5N6O4. The number of H-pyrrole nitrogens is 1. The number of hydrogen-bond acceptors (Lipinski definition) is 8. The summed E-state index contributed by atoms with van der Waals surface area (Å²) in [7, 11) is 0. The Bertz CT molecular complexity index is 2000. The second-order valence-electron chi connectivity index (χ2n) is 11.1. The third-order valence-corrected chi connectivity index (χ3v) is 8.30. The zero-order chi connectivity index (χ0) is 32.2. The minimum Gasteiger partial charge on any atom is -0.472 e. The van der Waals surface area contributed by atoms with Crippen LogP contribution in [0.4, 0.5) is 22.0 Å². The first-order valence-electron chi connectivity index (χ1n) is 14.3. The van der Waals surface area contributed by atoms with Crippen LogP contribution in [0.15, 0.2) is 45.7 Å². The Morgan fingerprint density at radius 2 is 1.93 bits per heavy atom. The summed E-state index contributed by atoms with van der Waals surface area (Å²) in [6, 6.07) is 7.63. The molecule has 2 aliphatic heterocycles. The smallest absolute Gasteiger partial charge is 0.439 e. The largest absolute Gasteiger partial charge is 0.472 e. The normalized spacial score (nSPS) is 16.9. The lowest BCUT2D eigenvalue weighted by molar-refractivity contribution is -0.139. The molecule has 3 aromatic heterocycles. The fourth-order valence-corrected chi connectivity index (χ4v) is 5.77. The van der Waals surface area contributed by atoms with E-state index in [1.807, 2.05) is 9.47 Å². The van der Waals surface area contributed by atoms with Gasteiger partial charge in [0, 0.05) is 36.3 Å². The number of nitrogens with one attached hydrogen (secondary N) is 1. The molecule has 1 saturated heterocycles. The van der Waals surface area contributed by atoms with Crippen LogP contribution < -0.4 is 10.5 Å². The molecule has 10 nitrogen and oxygen atoms in total. The molecule has 1 fully saturated rings. The van der Waals surface area contributed by atoms with Gasteiger partial charge in [0.2, 0.25) is 5.88 Å². The zero-order valence-electron chi connectivity index (χ0n) is 23.8. The van der Waals surface area contributed by atoms with Gasteiger partial charge in [-0.1, -0.05) is 22.8 Å². The fraction of sp³-hybridized carbons (Fsp3) is 0.333. The van der Waals surface area contributed by atoms with Gasteiger partial charge in [0.15, 0.2) is 5.82 Å². The number of aromatic nitrogens is 5. The lowest BCUT2D eigenvalue weighted by Gasteiger charge is -2.30. The third-order valence-electron chi connectivity index (χ3n) is 8.07. The predicted octanol–water partition coefficient (Wildman–Crippen LogP) is 5.65. The molecule has 240 valence electrons. The molecule has 5 heterocycles. The molecule has 1 N–H and O–H groups in total. The van der Waals surface area contributed by atoms with Gasteiger partial charge >= 0.3 is 11.9 Å². The van der Waals surface area contributed by atoms with Crippen molar-refractivity contribution in [1.29, 1.82) is 0 Å². The van der Waals surface area contributed by atoms with E-state index in [4.69, 9.17) is 26.1 Å². The lowest BCUT2D eigenvalue weighted by atomic mass is 10.0. The van der Waals surface area contributed by atoms with Crippen LogP contribution in [0.25, 0.3) is 22.4 Å². The van der Waals surface area contributed by atoms with E-state index in [1.165, 1.54) is 24.3 Å². The number of hydrogen-bond donors (Lipinski definition) is 1. The van der Waals surface area contributed by atoms with E-state index in [1.54, 1.807) is 0 Å². The molecule has 1 atom stereocenters. The maximum atomic E-state index is 15.2. The topological polar surface area (TPSA) is 111 Å². The van der Waals surface area contributed by atoms with Gasteiger partial charge in [-0.15, -0.1) is 0 Å². The van der Waals surface area contributed by atoms with Gasteiger partial charge in [-0.05, 0) is 42.7 Å². The van der Waals surface area contributed by atoms with Crippen LogP contribution in [0.3, 0.4) is 0 Å². The van der Waals surface area contributed by atoms with Crippen LogP contribution in [0, 0.1) is 11.6 Å². The summed E-state index contributed by atoms with van der Waals surface area (Å²) >= 11 is 5.78. The monoisotopic (exact) mass is 662 g/mol. The van der Waals surface area contributed by atoms with Crippen LogP contribution in [-0.4, -0.2) is 48.8 Å². The first-order valence-corrected chi connectivity index (χ1v) is 14.7. The van der Waals surface area contributed by atoms with Crippen LogP contribution in [0.2, 0.25) is 5.02 Å². The predicted molar refractivity (Wildman–Crippen MR) is 153 cm³/mol. The van der Waals surface area contributed by atoms with Gasteiger partial charge in [0.1, 0.15) is 29.6 Å². The molecule has 7 rings (SSSR count). The summed E-state index contributed by atoms with van der Waals surface area (Å²) < 4.78 is 88.9. The Balaban J connectivity index is 1.18. The molecule has 0 radical (unpaired) electrons. The van der Waals surface area contributed by atoms with E-state index in [9.17, 15) is 22.4 Å². The molecular weight excluding hydrogens is 639 g/mol. The van der Waals surface area contributed by atoms with Crippen molar-refractivity contribution < 1.29 is 35.9 Å². The fourth-order valence-electron chi connectivity index (χ4n) is 5.61. The zero-order valence-corrected chi connectivity index (χ0v) is 24.6. The van der Waals surface area contributed by atoms with Gasteiger partial charge in [0.05, 0.1) is 41.5 Å². The number of fused-ring (bicyclic) bond motifs is 2. The van der Waals surface area contributed by atoms with Crippen LogP contribution in [-0.2, 0) is 43.6 Å². The highest BCUT2D eigenvalue weighted by atomic mass is 35.5. The number of pyridine rings is 1. The quantitative estimate of drug-likeness (QED) is 0.212. The molecule has 2 aromatic carbocycles. The average molecular weight is 663 g/mol. The number of halogens is 6. The number of benzene rings is 2. The first kappa shape index (κ1) is 30.3. The van der Waals surface area contributed by atoms with Crippen molar-refractivity contribution in [3.8, 4) is 17.3 Å². The summed E-state index contributed by atoms with van der Waals surface area (Å²) in [6.07, 6.45) is -3.72. The van der Waals surface area contributed by atoms with Crippen molar-refractivity contribution in [2.75, 3.05) is 13.2 Å². The molecule has 46 heavy (non-hydrogen) atoms. The number of ether oxygens (including phenoxy) is 2. The molecule has 0 saturated carbocycles. The van der Waals surface area contributed by atoms with Gasteiger partial charge in [-0.2, -0.15) is 13.2 Å². The van der Waals surface area contributed by atoms with Gasteiger partial charge in [-0.25, -0.2) is 23.5 Å². The Labute approximate surface area is 261 Å². The molecule has 0 aliphatic carbocycles. The van der Waals surface area contributed by atoms with Crippen molar-refractivity contribution in [2.45, 2.75) is 51.4 Å². The van der Waals surface area contributed by atoms with E-state index in [0.717, 1.165) is 18.6 Å². The van der Waals surface area contributed by atoms with Crippen molar-refractivity contribution in [3.05, 3.63) is 91.8 Å².